The second-order valence-electron chi connectivity index (χ2n) is 3.95. The first-order chi connectivity index (χ1) is 8.69. The van der Waals surface area contributed by atoms with Crippen LogP contribution in [0.15, 0.2) is 28.5 Å². The maximum Gasteiger partial charge on any atom is 0.125 e. The van der Waals surface area contributed by atoms with Crippen LogP contribution in [-0.4, -0.2) is 4.98 Å². The van der Waals surface area contributed by atoms with Crippen LogP contribution in [0.4, 0.5) is 10.1 Å². The monoisotopic (exact) mass is 282 g/mol. The summed E-state index contributed by atoms with van der Waals surface area (Å²) in [5.74, 6) is 0.478. The second kappa shape index (κ2) is 6.20. The molecule has 0 aliphatic heterocycles. The highest BCUT2D eigenvalue weighted by Crippen LogP contribution is 2.29. The summed E-state index contributed by atoms with van der Waals surface area (Å²) in [7, 11) is 0. The summed E-state index contributed by atoms with van der Waals surface area (Å²) >= 11 is 3.29. The summed E-state index contributed by atoms with van der Waals surface area (Å²) in [6, 6.07) is 4.50. The van der Waals surface area contributed by atoms with E-state index in [1.165, 1.54) is 17.1 Å². The van der Waals surface area contributed by atoms with Crippen molar-refractivity contribution in [2.75, 3.05) is 5.73 Å². The molecule has 2 rings (SSSR count). The number of aryl methyl sites for hydroxylation is 1. The summed E-state index contributed by atoms with van der Waals surface area (Å²) in [5, 5.41) is 3.26. The average molecular weight is 282 g/mol. The number of anilines is 1. The molecule has 0 fully saturated rings. The van der Waals surface area contributed by atoms with Gasteiger partial charge in [-0.15, -0.1) is 23.1 Å². The molecule has 0 saturated carbocycles. The zero-order valence-electron chi connectivity index (χ0n) is 10.1. The van der Waals surface area contributed by atoms with Crippen molar-refractivity contribution >= 4 is 28.8 Å². The number of rotatable bonds is 5. The van der Waals surface area contributed by atoms with Gasteiger partial charge in [-0.05, 0) is 31.0 Å². The first kappa shape index (κ1) is 13.4. The van der Waals surface area contributed by atoms with Gasteiger partial charge in [0.05, 0.1) is 10.7 Å². The zero-order chi connectivity index (χ0) is 13.0. The normalized spacial score (nSPS) is 10.8. The molecule has 2 N–H and O–H groups in total. The Kier molecular flexibility index (Phi) is 4.60. The molecule has 0 aliphatic carbocycles. The van der Waals surface area contributed by atoms with Crippen LogP contribution in [0.3, 0.4) is 0 Å². The van der Waals surface area contributed by atoms with E-state index >= 15 is 0 Å². The first-order valence-electron chi connectivity index (χ1n) is 5.80. The van der Waals surface area contributed by atoms with E-state index in [9.17, 15) is 4.39 Å². The number of thiazole rings is 1. The molecule has 96 valence electrons. The van der Waals surface area contributed by atoms with Crippen LogP contribution in [-0.2, 0) is 12.2 Å². The molecule has 0 amide bonds. The van der Waals surface area contributed by atoms with Crippen molar-refractivity contribution in [3.05, 3.63) is 40.1 Å². The third kappa shape index (κ3) is 3.46. The second-order valence-corrected chi connectivity index (χ2v) is 5.91. The van der Waals surface area contributed by atoms with Gasteiger partial charge in [-0.1, -0.05) is 6.92 Å². The maximum atomic E-state index is 12.9. The van der Waals surface area contributed by atoms with E-state index in [-0.39, 0.29) is 5.82 Å². The third-order valence-electron chi connectivity index (χ3n) is 2.41. The van der Waals surface area contributed by atoms with Crippen molar-refractivity contribution in [2.24, 2.45) is 0 Å². The molecule has 1 aromatic heterocycles. The molecule has 0 saturated heterocycles. The molecular formula is C13H15FN2S2. The Morgan fingerprint density at radius 3 is 3.00 bits per heavy atom. The number of nitrogens with two attached hydrogens (primary N) is 1. The highest BCUT2D eigenvalue weighted by Gasteiger charge is 2.05. The van der Waals surface area contributed by atoms with Gasteiger partial charge in [0.25, 0.3) is 0 Å². The fourth-order valence-corrected chi connectivity index (χ4v) is 3.39. The molecule has 18 heavy (non-hydrogen) atoms. The van der Waals surface area contributed by atoms with Crippen molar-refractivity contribution < 1.29 is 4.39 Å². The Hall–Kier alpha value is -1.07. The molecule has 1 aromatic carbocycles. The van der Waals surface area contributed by atoms with E-state index in [1.807, 2.05) is 0 Å². The minimum absolute atomic E-state index is 0.296. The summed E-state index contributed by atoms with van der Waals surface area (Å²) in [6.45, 7) is 2.15. The molecule has 0 atom stereocenters. The zero-order valence-corrected chi connectivity index (χ0v) is 11.8. The van der Waals surface area contributed by atoms with Gasteiger partial charge >= 0.3 is 0 Å². The van der Waals surface area contributed by atoms with Gasteiger partial charge in [0.2, 0.25) is 0 Å². The Morgan fingerprint density at radius 1 is 1.44 bits per heavy atom. The van der Waals surface area contributed by atoms with Gasteiger partial charge < -0.3 is 5.73 Å². The molecule has 5 heteroatoms. The van der Waals surface area contributed by atoms with Gasteiger partial charge in [0.1, 0.15) is 5.82 Å². The molecule has 0 radical (unpaired) electrons. The van der Waals surface area contributed by atoms with Crippen molar-refractivity contribution in [3.8, 4) is 0 Å². The van der Waals surface area contributed by atoms with Crippen molar-refractivity contribution in [3.63, 3.8) is 0 Å². The molecule has 2 aromatic rings. The lowest BCUT2D eigenvalue weighted by molar-refractivity contribution is 0.627. The average Bonchev–Trinajstić information content (AvgIpc) is 2.76. The fraction of sp³-hybridized carbons (Fsp3) is 0.308. The lowest BCUT2D eigenvalue weighted by Gasteiger charge is -2.03. The number of thioether (sulfide) groups is 1. The van der Waals surface area contributed by atoms with Gasteiger partial charge in [-0.2, -0.15) is 0 Å². The molecule has 1 heterocycles. The van der Waals surface area contributed by atoms with Crippen LogP contribution in [0, 0.1) is 5.82 Å². The predicted molar refractivity (Wildman–Crippen MR) is 76.5 cm³/mol. The fourth-order valence-electron chi connectivity index (χ4n) is 1.55. The van der Waals surface area contributed by atoms with Crippen LogP contribution in [0.5, 0.6) is 0 Å². The SMILES string of the molecule is CCCc1nc(CSc2ccc(F)cc2N)cs1. The smallest absolute Gasteiger partial charge is 0.125 e. The quantitative estimate of drug-likeness (QED) is 0.662. The lowest BCUT2D eigenvalue weighted by Crippen LogP contribution is -1.91. The van der Waals surface area contributed by atoms with Gasteiger partial charge in [-0.3, -0.25) is 0 Å². The van der Waals surface area contributed by atoms with Crippen LogP contribution in [0.2, 0.25) is 0 Å². The molecule has 0 spiro atoms. The number of hydrogen-bond acceptors (Lipinski definition) is 4. The maximum absolute atomic E-state index is 12.9. The third-order valence-corrected chi connectivity index (χ3v) is 4.49. The number of halogens is 1. The van der Waals surface area contributed by atoms with Crippen LogP contribution < -0.4 is 5.73 Å². The number of aromatic nitrogens is 1. The molecule has 0 aliphatic rings. The Balaban J connectivity index is 1.97. The first-order valence-corrected chi connectivity index (χ1v) is 7.66. The lowest BCUT2D eigenvalue weighted by atomic mass is 10.3. The molecule has 0 unspecified atom stereocenters. The highest BCUT2D eigenvalue weighted by atomic mass is 32.2. The van der Waals surface area contributed by atoms with Crippen LogP contribution in [0.25, 0.3) is 0 Å². The van der Waals surface area contributed by atoms with E-state index in [0.29, 0.717) is 5.69 Å². The number of nitrogens with zero attached hydrogens (tertiary/aromatic N) is 1. The van der Waals surface area contributed by atoms with Gasteiger partial charge in [0.15, 0.2) is 0 Å². The minimum atomic E-state index is -0.296. The van der Waals surface area contributed by atoms with Crippen LogP contribution in [0.1, 0.15) is 24.0 Å². The number of benzene rings is 1. The van der Waals surface area contributed by atoms with E-state index in [1.54, 1.807) is 29.2 Å². The van der Waals surface area contributed by atoms with E-state index in [4.69, 9.17) is 5.73 Å². The summed E-state index contributed by atoms with van der Waals surface area (Å²) in [5.41, 5.74) is 7.32. The van der Waals surface area contributed by atoms with Crippen molar-refractivity contribution in [1.82, 2.24) is 4.98 Å². The summed E-state index contributed by atoms with van der Waals surface area (Å²) in [4.78, 5) is 5.45. The molecule has 0 bridgehead atoms. The number of nitrogen functional groups attached to an aromatic ring is 1. The number of hydrogen-bond donors (Lipinski definition) is 1. The van der Waals surface area contributed by atoms with Crippen molar-refractivity contribution in [1.29, 1.82) is 0 Å². The van der Waals surface area contributed by atoms with E-state index < -0.39 is 0 Å². The van der Waals surface area contributed by atoms with Crippen LogP contribution >= 0.6 is 23.1 Å². The topological polar surface area (TPSA) is 38.9 Å². The Labute approximate surface area is 114 Å². The summed E-state index contributed by atoms with van der Waals surface area (Å²) < 4.78 is 12.9. The van der Waals surface area contributed by atoms with Gasteiger partial charge in [-0.25, -0.2) is 9.37 Å². The van der Waals surface area contributed by atoms with E-state index in [0.717, 1.165) is 29.2 Å². The van der Waals surface area contributed by atoms with E-state index in [2.05, 4.69) is 17.3 Å². The van der Waals surface area contributed by atoms with Crippen molar-refractivity contribution in [2.45, 2.75) is 30.4 Å². The Bertz CT molecular complexity index is 525. The molecule has 2 nitrogen and oxygen atoms in total. The minimum Gasteiger partial charge on any atom is -0.398 e. The molecular weight excluding hydrogens is 267 g/mol. The Morgan fingerprint density at radius 2 is 2.28 bits per heavy atom. The standard InChI is InChI=1S/C13H15FN2S2/c1-2-3-13-16-10(8-18-13)7-17-12-5-4-9(14)6-11(12)15/h4-6,8H,2-3,7,15H2,1H3. The largest absolute Gasteiger partial charge is 0.398 e. The summed E-state index contributed by atoms with van der Waals surface area (Å²) in [6.07, 6.45) is 2.15. The van der Waals surface area contributed by atoms with Gasteiger partial charge in [0, 0.05) is 21.7 Å². The predicted octanol–water partition coefficient (Wildman–Crippen LogP) is 4.11. The highest BCUT2D eigenvalue weighted by molar-refractivity contribution is 7.98.